The Morgan fingerprint density at radius 1 is 1.06 bits per heavy atom. The SMILES string of the molecule is Cc1cccc(C(C)(C)C)c1NC(=O)NCC1CCC(Nc2nc3c(c(N(C)C)n2)CCCC3)CC1. The van der Waals surface area contributed by atoms with E-state index in [1.807, 2.05) is 13.0 Å². The fraction of sp³-hybridized carbons (Fsp3) is 0.621. The fourth-order valence-electron chi connectivity index (χ4n) is 5.56. The van der Waals surface area contributed by atoms with Crippen LogP contribution in [0.3, 0.4) is 0 Å². The van der Waals surface area contributed by atoms with Crippen LogP contribution < -0.4 is 20.9 Å². The number of para-hydroxylation sites is 1. The maximum Gasteiger partial charge on any atom is 0.319 e. The van der Waals surface area contributed by atoms with Crippen molar-refractivity contribution in [1.82, 2.24) is 15.3 Å². The van der Waals surface area contributed by atoms with Crippen LogP contribution in [0.4, 0.5) is 22.2 Å². The Bertz CT molecular complexity index is 1070. The first kappa shape index (κ1) is 26.2. The molecular formula is C29H44N6O. The van der Waals surface area contributed by atoms with Gasteiger partial charge in [0.05, 0.1) is 5.69 Å². The van der Waals surface area contributed by atoms with Crippen LogP contribution >= 0.6 is 0 Å². The number of aromatic nitrogens is 2. The van der Waals surface area contributed by atoms with Crippen molar-refractivity contribution in [3.8, 4) is 0 Å². The van der Waals surface area contributed by atoms with Crippen molar-refractivity contribution in [2.45, 2.75) is 90.5 Å². The van der Waals surface area contributed by atoms with Gasteiger partial charge in [0.1, 0.15) is 5.82 Å². The van der Waals surface area contributed by atoms with Gasteiger partial charge in [-0.3, -0.25) is 0 Å². The molecule has 1 aromatic carbocycles. The van der Waals surface area contributed by atoms with Gasteiger partial charge in [0.2, 0.25) is 5.95 Å². The number of carbonyl (C=O) groups is 1. The summed E-state index contributed by atoms with van der Waals surface area (Å²) in [4.78, 5) is 24.6. The fourth-order valence-corrected chi connectivity index (χ4v) is 5.56. The predicted molar refractivity (Wildman–Crippen MR) is 149 cm³/mol. The Kier molecular flexibility index (Phi) is 8.06. The molecule has 1 fully saturated rings. The van der Waals surface area contributed by atoms with E-state index >= 15 is 0 Å². The first-order valence-corrected chi connectivity index (χ1v) is 13.6. The number of aryl methyl sites for hydroxylation is 2. The molecule has 1 saturated carbocycles. The van der Waals surface area contributed by atoms with Gasteiger partial charge >= 0.3 is 6.03 Å². The number of anilines is 3. The number of nitrogens with one attached hydrogen (secondary N) is 3. The molecule has 0 bridgehead atoms. The third kappa shape index (κ3) is 6.29. The minimum atomic E-state index is -0.117. The van der Waals surface area contributed by atoms with Crippen LogP contribution in [0.5, 0.6) is 0 Å². The van der Waals surface area contributed by atoms with Gasteiger partial charge in [0.25, 0.3) is 0 Å². The molecule has 0 atom stereocenters. The van der Waals surface area contributed by atoms with Crippen molar-refractivity contribution in [1.29, 1.82) is 0 Å². The highest BCUT2D eigenvalue weighted by Gasteiger charge is 2.25. The topological polar surface area (TPSA) is 82.2 Å². The molecular weight excluding hydrogens is 448 g/mol. The summed E-state index contributed by atoms with van der Waals surface area (Å²) in [5.74, 6) is 2.33. The Balaban J connectivity index is 1.28. The summed E-state index contributed by atoms with van der Waals surface area (Å²) in [5, 5.41) is 9.87. The molecule has 3 N–H and O–H groups in total. The number of benzene rings is 1. The van der Waals surface area contributed by atoms with Crippen LogP contribution in [0.1, 0.15) is 81.7 Å². The monoisotopic (exact) mass is 492 g/mol. The number of amides is 2. The normalized spacial score (nSPS) is 19.8. The van der Waals surface area contributed by atoms with Crippen LogP contribution in [0, 0.1) is 12.8 Å². The lowest BCUT2D eigenvalue weighted by Crippen LogP contribution is -2.36. The Labute approximate surface area is 216 Å². The zero-order valence-corrected chi connectivity index (χ0v) is 23.0. The molecule has 2 aromatic rings. The predicted octanol–water partition coefficient (Wildman–Crippen LogP) is 5.82. The van der Waals surface area contributed by atoms with Crippen molar-refractivity contribution in [2.75, 3.05) is 36.2 Å². The summed E-state index contributed by atoms with van der Waals surface area (Å²) >= 11 is 0. The van der Waals surface area contributed by atoms with Crippen molar-refractivity contribution >= 4 is 23.5 Å². The zero-order valence-electron chi connectivity index (χ0n) is 23.0. The maximum atomic E-state index is 12.7. The minimum absolute atomic E-state index is 0.0326. The average Bonchev–Trinajstić information content (AvgIpc) is 2.83. The molecule has 7 nitrogen and oxygen atoms in total. The number of fused-ring (bicyclic) bond motifs is 1. The van der Waals surface area contributed by atoms with E-state index in [1.54, 1.807) is 0 Å². The second-order valence-electron chi connectivity index (χ2n) is 11.8. The summed E-state index contributed by atoms with van der Waals surface area (Å²) in [7, 11) is 4.14. The molecule has 2 amide bonds. The van der Waals surface area contributed by atoms with E-state index < -0.39 is 0 Å². The second kappa shape index (κ2) is 11.1. The van der Waals surface area contributed by atoms with Crippen molar-refractivity contribution in [3.05, 3.63) is 40.6 Å². The van der Waals surface area contributed by atoms with E-state index in [1.165, 1.54) is 24.1 Å². The molecule has 0 aliphatic heterocycles. The Morgan fingerprint density at radius 2 is 1.78 bits per heavy atom. The summed E-state index contributed by atoms with van der Waals surface area (Å²) < 4.78 is 0. The molecule has 0 radical (unpaired) electrons. The molecule has 2 aliphatic rings. The molecule has 4 rings (SSSR count). The van der Waals surface area contributed by atoms with E-state index in [0.29, 0.717) is 18.5 Å². The number of nitrogens with zero attached hydrogens (tertiary/aromatic N) is 3. The van der Waals surface area contributed by atoms with Crippen molar-refractivity contribution in [3.63, 3.8) is 0 Å². The third-order valence-electron chi connectivity index (χ3n) is 7.64. The highest BCUT2D eigenvalue weighted by atomic mass is 16.2. The van der Waals surface area contributed by atoms with Crippen LogP contribution in [-0.2, 0) is 18.3 Å². The van der Waals surface area contributed by atoms with Crippen LogP contribution in [0.25, 0.3) is 0 Å². The molecule has 1 heterocycles. The van der Waals surface area contributed by atoms with E-state index in [4.69, 9.17) is 9.97 Å². The lowest BCUT2D eigenvalue weighted by molar-refractivity contribution is 0.246. The average molecular weight is 493 g/mol. The number of rotatable bonds is 6. The molecule has 7 heteroatoms. The lowest BCUT2D eigenvalue weighted by Gasteiger charge is -2.30. The van der Waals surface area contributed by atoms with Gasteiger partial charge in [-0.1, -0.05) is 39.0 Å². The maximum absolute atomic E-state index is 12.7. The van der Waals surface area contributed by atoms with Gasteiger partial charge in [-0.05, 0) is 80.8 Å². The number of urea groups is 1. The van der Waals surface area contributed by atoms with Gasteiger partial charge in [-0.2, -0.15) is 4.98 Å². The van der Waals surface area contributed by atoms with E-state index in [-0.39, 0.29) is 11.4 Å². The van der Waals surface area contributed by atoms with Gasteiger partial charge in [-0.25, -0.2) is 9.78 Å². The Hall–Kier alpha value is -2.83. The summed E-state index contributed by atoms with van der Waals surface area (Å²) in [6.07, 6.45) is 8.87. The summed E-state index contributed by atoms with van der Waals surface area (Å²) in [5.41, 5.74) is 5.68. The van der Waals surface area contributed by atoms with Gasteiger partial charge < -0.3 is 20.9 Å². The van der Waals surface area contributed by atoms with E-state index in [2.05, 4.69) is 67.8 Å². The smallest absolute Gasteiger partial charge is 0.319 e. The highest BCUT2D eigenvalue weighted by Crippen LogP contribution is 2.32. The van der Waals surface area contributed by atoms with E-state index in [0.717, 1.165) is 67.1 Å². The van der Waals surface area contributed by atoms with E-state index in [9.17, 15) is 4.79 Å². The number of hydrogen-bond acceptors (Lipinski definition) is 5. The standard InChI is InChI=1S/C29H44N6O/c1-19-10-9-12-23(29(2,3)4)25(19)33-28(36)30-18-20-14-16-21(17-15-20)31-27-32-24-13-8-7-11-22(24)26(34-27)35(5)6/h9-10,12,20-21H,7-8,11,13-18H2,1-6H3,(H2,30,33,36)(H,31,32,34). The molecule has 1 aromatic heterocycles. The molecule has 0 unspecified atom stereocenters. The largest absolute Gasteiger partial charge is 0.362 e. The Morgan fingerprint density at radius 3 is 2.47 bits per heavy atom. The van der Waals surface area contributed by atoms with Crippen molar-refractivity contribution in [2.24, 2.45) is 5.92 Å². The first-order valence-electron chi connectivity index (χ1n) is 13.6. The number of carbonyl (C=O) groups excluding carboxylic acids is 1. The quantitative estimate of drug-likeness (QED) is 0.473. The molecule has 0 saturated heterocycles. The van der Waals surface area contributed by atoms with Gasteiger partial charge in [0, 0.05) is 37.9 Å². The third-order valence-corrected chi connectivity index (χ3v) is 7.64. The van der Waals surface area contributed by atoms with Crippen LogP contribution in [0.15, 0.2) is 18.2 Å². The van der Waals surface area contributed by atoms with Crippen LogP contribution in [-0.4, -0.2) is 42.7 Å². The molecule has 2 aliphatic carbocycles. The molecule has 196 valence electrons. The first-order chi connectivity index (χ1) is 17.1. The molecule has 0 spiro atoms. The summed E-state index contributed by atoms with van der Waals surface area (Å²) in [6, 6.07) is 6.47. The summed E-state index contributed by atoms with van der Waals surface area (Å²) in [6.45, 7) is 9.28. The zero-order chi connectivity index (χ0) is 25.9. The van der Waals surface area contributed by atoms with Gasteiger partial charge in [0.15, 0.2) is 0 Å². The van der Waals surface area contributed by atoms with Crippen molar-refractivity contribution < 1.29 is 4.79 Å². The highest BCUT2D eigenvalue weighted by molar-refractivity contribution is 5.91. The lowest BCUT2D eigenvalue weighted by atomic mass is 9.84. The molecule has 36 heavy (non-hydrogen) atoms. The van der Waals surface area contributed by atoms with Gasteiger partial charge in [-0.15, -0.1) is 0 Å². The second-order valence-corrected chi connectivity index (χ2v) is 11.8. The number of hydrogen-bond donors (Lipinski definition) is 3. The van der Waals surface area contributed by atoms with Crippen LogP contribution in [0.2, 0.25) is 0 Å². The minimum Gasteiger partial charge on any atom is -0.362 e.